The summed E-state index contributed by atoms with van der Waals surface area (Å²) >= 11 is 0. The fourth-order valence-electron chi connectivity index (χ4n) is 2.95. The topological polar surface area (TPSA) is 57.9 Å². The first-order valence-electron chi connectivity index (χ1n) is 7.85. The van der Waals surface area contributed by atoms with E-state index in [2.05, 4.69) is 0 Å². The van der Waals surface area contributed by atoms with Gasteiger partial charge in [0.1, 0.15) is 11.5 Å². The van der Waals surface area contributed by atoms with Gasteiger partial charge in [0, 0.05) is 11.1 Å². The van der Waals surface area contributed by atoms with Gasteiger partial charge in [0.25, 0.3) is 0 Å². The van der Waals surface area contributed by atoms with Crippen molar-refractivity contribution in [2.24, 2.45) is 0 Å². The minimum absolute atomic E-state index is 0.0782. The zero-order valence-electron chi connectivity index (χ0n) is 14.9. The summed E-state index contributed by atoms with van der Waals surface area (Å²) in [4.78, 5) is 13.0. The van der Waals surface area contributed by atoms with Crippen LogP contribution in [0.25, 0.3) is 22.3 Å². The Kier molecular flexibility index (Phi) is 4.40. The van der Waals surface area contributed by atoms with Gasteiger partial charge in [0.2, 0.25) is 5.75 Å². The third-order valence-corrected chi connectivity index (χ3v) is 4.29. The van der Waals surface area contributed by atoms with Crippen LogP contribution in [0.4, 0.5) is 0 Å². The van der Waals surface area contributed by atoms with Crippen LogP contribution in [-0.2, 0) is 0 Å². The van der Waals surface area contributed by atoms with E-state index in [9.17, 15) is 4.79 Å². The van der Waals surface area contributed by atoms with E-state index in [-0.39, 0.29) is 5.43 Å². The van der Waals surface area contributed by atoms with Crippen molar-refractivity contribution < 1.29 is 18.6 Å². The Morgan fingerprint density at radius 3 is 2.16 bits per heavy atom. The molecule has 0 saturated carbocycles. The van der Waals surface area contributed by atoms with Gasteiger partial charge in [-0.1, -0.05) is 0 Å². The Balaban J connectivity index is 2.37. The van der Waals surface area contributed by atoms with E-state index < -0.39 is 0 Å². The average molecular weight is 340 g/mol. The Bertz CT molecular complexity index is 984. The van der Waals surface area contributed by atoms with E-state index in [4.69, 9.17) is 18.6 Å². The van der Waals surface area contributed by atoms with Crippen LogP contribution in [0.5, 0.6) is 17.2 Å². The molecular formula is C20H20O5. The van der Waals surface area contributed by atoms with Gasteiger partial charge >= 0.3 is 0 Å². The SMILES string of the molecule is COc1ccc(-c2oc3c(OC)c(OC)cc(C)c3c(=O)c2C)cc1. The molecule has 25 heavy (non-hydrogen) atoms. The van der Waals surface area contributed by atoms with E-state index in [1.807, 2.05) is 31.2 Å². The Hall–Kier alpha value is -2.95. The molecule has 5 heteroatoms. The fourth-order valence-corrected chi connectivity index (χ4v) is 2.95. The number of fused-ring (bicyclic) bond motifs is 1. The van der Waals surface area contributed by atoms with Gasteiger partial charge in [0.15, 0.2) is 16.8 Å². The molecule has 0 aliphatic rings. The molecule has 1 aromatic heterocycles. The van der Waals surface area contributed by atoms with Crippen molar-refractivity contribution in [1.29, 1.82) is 0 Å². The van der Waals surface area contributed by atoms with Gasteiger partial charge in [-0.3, -0.25) is 4.79 Å². The van der Waals surface area contributed by atoms with Gasteiger partial charge in [-0.05, 0) is 49.7 Å². The van der Waals surface area contributed by atoms with Crippen molar-refractivity contribution in [1.82, 2.24) is 0 Å². The van der Waals surface area contributed by atoms with Crippen LogP contribution in [0.1, 0.15) is 11.1 Å². The first kappa shape index (κ1) is 16.9. The molecule has 2 aromatic carbocycles. The summed E-state index contributed by atoms with van der Waals surface area (Å²) in [6.07, 6.45) is 0. The highest BCUT2D eigenvalue weighted by Crippen LogP contribution is 2.39. The van der Waals surface area contributed by atoms with Crippen molar-refractivity contribution in [3.63, 3.8) is 0 Å². The zero-order valence-corrected chi connectivity index (χ0v) is 14.9. The minimum Gasteiger partial charge on any atom is -0.497 e. The summed E-state index contributed by atoms with van der Waals surface area (Å²) in [5.41, 5.74) is 2.44. The molecule has 130 valence electrons. The number of aryl methyl sites for hydroxylation is 1. The molecule has 0 spiro atoms. The molecule has 0 saturated heterocycles. The highest BCUT2D eigenvalue weighted by molar-refractivity contribution is 5.90. The quantitative estimate of drug-likeness (QED) is 0.715. The number of benzene rings is 2. The normalized spacial score (nSPS) is 10.8. The van der Waals surface area contributed by atoms with Crippen LogP contribution in [0.2, 0.25) is 0 Å². The highest BCUT2D eigenvalue weighted by Gasteiger charge is 2.20. The minimum atomic E-state index is -0.0782. The van der Waals surface area contributed by atoms with Crippen LogP contribution in [0, 0.1) is 13.8 Å². The maximum atomic E-state index is 13.0. The predicted octanol–water partition coefficient (Wildman–Crippen LogP) is 4.10. The van der Waals surface area contributed by atoms with Crippen molar-refractivity contribution >= 4 is 11.0 Å². The molecule has 0 unspecified atom stereocenters. The van der Waals surface area contributed by atoms with Crippen molar-refractivity contribution in [2.75, 3.05) is 21.3 Å². The van der Waals surface area contributed by atoms with Crippen molar-refractivity contribution in [3.8, 4) is 28.6 Å². The summed E-state index contributed by atoms with van der Waals surface area (Å²) < 4.78 is 22.1. The molecule has 0 aliphatic heterocycles. The van der Waals surface area contributed by atoms with Gasteiger partial charge in [-0.25, -0.2) is 0 Å². The highest BCUT2D eigenvalue weighted by atomic mass is 16.5. The van der Waals surface area contributed by atoms with Gasteiger partial charge in [0.05, 0.1) is 26.7 Å². The summed E-state index contributed by atoms with van der Waals surface area (Å²) in [5, 5.41) is 0.507. The van der Waals surface area contributed by atoms with E-state index in [0.29, 0.717) is 33.8 Å². The second-order valence-electron chi connectivity index (χ2n) is 5.75. The van der Waals surface area contributed by atoms with E-state index in [1.54, 1.807) is 27.2 Å². The van der Waals surface area contributed by atoms with Crippen LogP contribution in [-0.4, -0.2) is 21.3 Å². The van der Waals surface area contributed by atoms with E-state index in [0.717, 1.165) is 16.9 Å². The molecule has 0 amide bonds. The van der Waals surface area contributed by atoms with Gasteiger partial charge in [-0.2, -0.15) is 0 Å². The molecular weight excluding hydrogens is 320 g/mol. The number of ether oxygens (including phenoxy) is 3. The molecule has 0 fully saturated rings. The van der Waals surface area contributed by atoms with Crippen LogP contribution < -0.4 is 19.6 Å². The molecule has 1 heterocycles. The summed E-state index contributed by atoms with van der Waals surface area (Å²) in [6, 6.07) is 9.15. The monoisotopic (exact) mass is 340 g/mol. The summed E-state index contributed by atoms with van der Waals surface area (Å²) in [6.45, 7) is 3.62. The third kappa shape index (κ3) is 2.71. The summed E-state index contributed by atoms with van der Waals surface area (Å²) in [7, 11) is 4.69. The Morgan fingerprint density at radius 1 is 0.920 bits per heavy atom. The van der Waals surface area contributed by atoms with Gasteiger partial charge in [-0.15, -0.1) is 0 Å². The first-order valence-corrected chi connectivity index (χ1v) is 7.85. The smallest absolute Gasteiger partial charge is 0.204 e. The number of methoxy groups -OCH3 is 3. The molecule has 0 atom stereocenters. The predicted molar refractivity (Wildman–Crippen MR) is 97.1 cm³/mol. The molecule has 5 nitrogen and oxygen atoms in total. The average Bonchev–Trinajstić information content (AvgIpc) is 2.64. The van der Waals surface area contributed by atoms with E-state index in [1.165, 1.54) is 7.11 Å². The van der Waals surface area contributed by atoms with Gasteiger partial charge < -0.3 is 18.6 Å². The molecule has 0 N–H and O–H groups in total. The van der Waals surface area contributed by atoms with E-state index >= 15 is 0 Å². The lowest BCUT2D eigenvalue weighted by Gasteiger charge is -2.14. The number of rotatable bonds is 4. The standard InChI is InChI=1S/C20H20O5/c1-11-10-15(23-4)19(24-5)20-16(11)17(21)12(2)18(25-20)13-6-8-14(22-3)9-7-13/h6-10H,1-5H3. The number of hydrogen-bond donors (Lipinski definition) is 0. The number of hydrogen-bond acceptors (Lipinski definition) is 5. The summed E-state index contributed by atoms with van der Waals surface area (Å²) in [5.74, 6) is 2.18. The second kappa shape index (κ2) is 6.51. The fraction of sp³-hybridized carbons (Fsp3) is 0.250. The Labute approximate surface area is 145 Å². The lowest BCUT2D eigenvalue weighted by Crippen LogP contribution is -2.10. The lowest BCUT2D eigenvalue weighted by atomic mass is 10.0. The maximum Gasteiger partial charge on any atom is 0.204 e. The van der Waals surface area contributed by atoms with Crippen LogP contribution >= 0.6 is 0 Å². The third-order valence-electron chi connectivity index (χ3n) is 4.29. The molecule has 3 aromatic rings. The molecule has 0 radical (unpaired) electrons. The largest absolute Gasteiger partial charge is 0.497 e. The van der Waals surface area contributed by atoms with Crippen molar-refractivity contribution in [2.45, 2.75) is 13.8 Å². The molecule has 0 aliphatic carbocycles. The maximum absolute atomic E-state index is 13.0. The molecule has 3 rings (SSSR count). The molecule has 0 bridgehead atoms. The van der Waals surface area contributed by atoms with Crippen LogP contribution in [0.15, 0.2) is 39.5 Å². The van der Waals surface area contributed by atoms with Crippen molar-refractivity contribution in [3.05, 3.63) is 51.7 Å². The first-order chi connectivity index (χ1) is 12.0. The zero-order chi connectivity index (χ0) is 18.1. The van der Waals surface area contributed by atoms with Crippen LogP contribution in [0.3, 0.4) is 0 Å². The Morgan fingerprint density at radius 2 is 1.60 bits per heavy atom. The second-order valence-corrected chi connectivity index (χ2v) is 5.75. The lowest BCUT2D eigenvalue weighted by molar-refractivity contribution is 0.353.